The molecule has 2 N–H and O–H groups in total. The average molecular weight is 197 g/mol. The third-order valence-corrected chi connectivity index (χ3v) is 2.46. The molecular weight excluding hydrogens is 185 g/mol. The van der Waals surface area contributed by atoms with Gasteiger partial charge in [-0.3, -0.25) is 9.89 Å². The van der Waals surface area contributed by atoms with Gasteiger partial charge in [-0.1, -0.05) is 0 Å². The lowest BCUT2D eigenvalue weighted by atomic mass is 10.2. The van der Waals surface area contributed by atoms with Crippen molar-refractivity contribution >= 4 is 5.91 Å². The summed E-state index contributed by atoms with van der Waals surface area (Å²) < 4.78 is 12.8. The smallest absolute Gasteiger partial charge is 0.254 e. The topological polar surface area (TPSA) is 57.8 Å². The molecule has 0 aliphatic heterocycles. The van der Waals surface area contributed by atoms with Crippen molar-refractivity contribution in [3.05, 3.63) is 18.0 Å². The molecule has 1 aromatic heterocycles. The minimum atomic E-state index is -0.760. The van der Waals surface area contributed by atoms with Crippen molar-refractivity contribution in [3.63, 3.8) is 0 Å². The predicted molar refractivity (Wildman–Crippen MR) is 48.6 cm³/mol. The molecule has 0 saturated heterocycles. The fourth-order valence-electron chi connectivity index (χ4n) is 1.70. The van der Waals surface area contributed by atoms with Gasteiger partial charge in [0.25, 0.3) is 5.91 Å². The summed E-state index contributed by atoms with van der Waals surface area (Å²) in [4.78, 5) is 11.5. The van der Waals surface area contributed by atoms with Crippen LogP contribution in [0.3, 0.4) is 0 Å². The largest absolute Gasteiger partial charge is 0.349 e. The summed E-state index contributed by atoms with van der Waals surface area (Å²) in [6.45, 7) is 0. The maximum atomic E-state index is 12.8. The molecule has 5 heteroatoms. The van der Waals surface area contributed by atoms with Crippen LogP contribution in [-0.2, 0) is 0 Å². The number of aromatic nitrogens is 2. The first-order chi connectivity index (χ1) is 6.75. The van der Waals surface area contributed by atoms with Gasteiger partial charge in [-0.05, 0) is 19.3 Å². The van der Waals surface area contributed by atoms with Crippen LogP contribution in [0.1, 0.15) is 29.6 Å². The molecule has 14 heavy (non-hydrogen) atoms. The molecule has 1 fully saturated rings. The second kappa shape index (κ2) is 3.77. The molecule has 0 aromatic carbocycles. The van der Waals surface area contributed by atoms with Crippen molar-refractivity contribution in [2.75, 3.05) is 0 Å². The molecule has 1 saturated carbocycles. The van der Waals surface area contributed by atoms with E-state index in [1.807, 2.05) is 0 Å². The maximum Gasteiger partial charge on any atom is 0.254 e. The number of carbonyl (C=O) groups excluding carboxylic acids is 1. The Kier molecular flexibility index (Phi) is 2.47. The third kappa shape index (κ3) is 1.92. The summed E-state index contributed by atoms with van der Waals surface area (Å²) in [5, 5.41) is 9.01. The number of halogens is 1. The van der Waals surface area contributed by atoms with Crippen LogP contribution in [-0.4, -0.2) is 28.3 Å². The summed E-state index contributed by atoms with van der Waals surface area (Å²) >= 11 is 0. The van der Waals surface area contributed by atoms with Crippen LogP contribution >= 0.6 is 0 Å². The van der Waals surface area contributed by atoms with Gasteiger partial charge in [-0.25, -0.2) is 4.39 Å². The number of amides is 1. The van der Waals surface area contributed by atoms with Crippen LogP contribution in [0.25, 0.3) is 0 Å². The van der Waals surface area contributed by atoms with E-state index in [9.17, 15) is 9.18 Å². The van der Waals surface area contributed by atoms with Gasteiger partial charge in [0.1, 0.15) is 6.17 Å². The van der Waals surface area contributed by atoms with Gasteiger partial charge >= 0.3 is 0 Å². The standard InChI is InChI=1S/C9H12FN3O/c10-7-1-2-8(3-7)13-9(14)6-4-11-12-5-6/h4-5,7-8H,1-3H2,(H,11,12)(H,13,14). The number of hydrogen-bond donors (Lipinski definition) is 2. The molecular formula is C9H12FN3O. The van der Waals surface area contributed by atoms with Crippen LogP contribution in [0, 0.1) is 0 Å². The van der Waals surface area contributed by atoms with Crippen LogP contribution in [0.4, 0.5) is 4.39 Å². The van der Waals surface area contributed by atoms with Crippen molar-refractivity contribution in [3.8, 4) is 0 Å². The lowest BCUT2D eigenvalue weighted by Crippen LogP contribution is -2.32. The second-order valence-corrected chi connectivity index (χ2v) is 3.57. The fourth-order valence-corrected chi connectivity index (χ4v) is 1.70. The Morgan fingerprint density at radius 3 is 3.07 bits per heavy atom. The summed E-state index contributed by atoms with van der Waals surface area (Å²) in [6, 6.07) is -0.0209. The molecule has 1 heterocycles. The molecule has 0 bridgehead atoms. The van der Waals surface area contributed by atoms with Crippen LogP contribution in [0.15, 0.2) is 12.4 Å². The van der Waals surface area contributed by atoms with Crippen molar-refractivity contribution in [2.24, 2.45) is 0 Å². The van der Waals surface area contributed by atoms with E-state index in [0.717, 1.165) is 6.42 Å². The predicted octanol–water partition coefficient (Wildman–Crippen LogP) is 1.03. The number of hydrogen-bond acceptors (Lipinski definition) is 2. The fraction of sp³-hybridized carbons (Fsp3) is 0.556. The van der Waals surface area contributed by atoms with E-state index < -0.39 is 6.17 Å². The lowest BCUT2D eigenvalue weighted by molar-refractivity contribution is 0.0937. The highest BCUT2D eigenvalue weighted by Gasteiger charge is 2.25. The van der Waals surface area contributed by atoms with Crippen LogP contribution in [0.5, 0.6) is 0 Å². The summed E-state index contributed by atoms with van der Waals surface area (Å²) in [6.07, 6.45) is 3.93. The van der Waals surface area contributed by atoms with Gasteiger partial charge in [-0.2, -0.15) is 5.10 Å². The average Bonchev–Trinajstić information content (AvgIpc) is 2.75. The number of alkyl halides is 1. The Labute approximate surface area is 80.9 Å². The highest BCUT2D eigenvalue weighted by atomic mass is 19.1. The zero-order chi connectivity index (χ0) is 9.97. The first kappa shape index (κ1) is 9.18. The van der Waals surface area contributed by atoms with Crippen molar-refractivity contribution < 1.29 is 9.18 Å². The van der Waals surface area contributed by atoms with Crippen LogP contribution < -0.4 is 5.32 Å². The highest BCUT2D eigenvalue weighted by Crippen LogP contribution is 2.21. The van der Waals surface area contributed by atoms with Crippen molar-refractivity contribution in [1.82, 2.24) is 15.5 Å². The molecule has 76 valence electrons. The van der Waals surface area contributed by atoms with E-state index >= 15 is 0 Å². The number of rotatable bonds is 2. The quantitative estimate of drug-likeness (QED) is 0.744. The molecule has 1 amide bonds. The zero-order valence-electron chi connectivity index (χ0n) is 7.66. The monoisotopic (exact) mass is 197 g/mol. The molecule has 1 aromatic rings. The van der Waals surface area contributed by atoms with Crippen LogP contribution in [0.2, 0.25) is 0 Å². The molecule has 2 unspecified atom stereocenters. The maximum absolute atomic E-state index is 12.8. The summed E-state index contributed by atoms with van der Waals surface area (Å²) in [5.74, 6) is -0.183. The van der Waals surface area contributed by atoms with Gasteiger partial charge in [0.05, 0.1) is 11.8 Å². The molecule has 0 spiro atoms. The summed E-state index contributed by atoms with van der Waals surface area (Å²) in [5.41, 5.74) is 0.493. The molecule has 0 radical (unpaired) electrons. The van der Waals surface area contributed by atoms with E-state index in [1.165, 1.54) is 12.4 Å². The molecule has 1 aliphatic rings. The van der Waals surface area contributed by atoms with Gasteiger partial charge < -0.3 is 5.32 Å². The van der Waals surface area contributed by atoms with E-state index in [2.05, 4.69) is 15.5 Å². The van der Waals surface area contributed by atoms with Crippen molar-refractivity contribution in [2.45, 2.75) is 31.5 Å². The summed E-state index contributed by atoms with van der Waals surface area (Å²) in [7, 11) is 0. The number of H-pyrrole nitrogens is 1. The minimum absolute atomic E-state index is 0.0209. The van der Waals surface area contributed by atoms with Gasteiger partial charge in [0.2, 0.25) is 0 Å². The normalized spacial score (nSPS) is 26.4. The molecule has 2 rings (SSSR count). The molecule has 4 nitrogen and oxygen atoms in total. The zero-order valence-corrected chi connectivity index (χ0v) is 7.66. The third-order valence-electron chi connectivity index (χ3n) is 2.46. The van der Waals surface area contributed by atoms with Gasteiger partial charge in [-0.15, -0.1) is 0 Å². The van der Waals surface area contributed by atoms with E-state index in [-0.39, 0.29) is 11.9 Å². The number of nitrogens with one attached hydrogen (secondary N) is 2. The lowest BCUT2D eigenvalue weighted by Gasteiger charge is -2.10. The van der Waals surface area contributed by atoms with E-state index in [4.69, 9.17) is 0 Å². The van der Waals surface area contributed by atoms with Crippen molar-refractivity contribution in [1.29, 1.82) is 0 Å². The Morgan fingerprint density at radius 1 is 1.64 bits per heavy atom. The SMILES string of the molecule is O=C(NC1CCC(F)C1)c1cn[nH]c1. The van der Waals surface area contributed by atoms with Gasteiger partial charge in [0, 0.05) is 12.2 Å². The number of nitrogens with zero attached hydrogens (tertiary/aromatic N) is 1. The van der Waals surface area contributed by atoms with Gasteiger partial charge in [0.15, 0.2) is 0 Å². The van der Waals surface area contributed by atoms with E-state index in [1.54, 1.807) is 0 Å². The molecule has 2 atom stereocenters. The van der Waals surface area contributed by atoms with E-state index in [0.29, 0.717) is 18.4 Å². The minimum Gasteiger partial charge on any atom is -0.349 e. The Hall–Kier alpha value is -1.39. The molecule has 1 aliphatic carbocycles. The number of carbonyl (C=O) groups is 1. The second-order valence-electron chi connectivity index (χ2n) is 3.57. The Morgan fingerprint density at radius 2 is 2.50 bits per heavy atom. The first-order valence-corrected chi connectivity index (χ1v) is 4.69. The first-order valence-electron chi connectivity index (χ1n) is 4.69. The Bertz CT molecular complexity index is 312. The Balaban J connectivity index is 1.89. The number of aromatic amines is 1. The highest BCUT2D eigenvalue weighted by molar-refractivity contribution is 5.93.